The Labute approximate surface area is 117 Å². The van der Waals surface area contributed by atoms with Gasteiger partial charge in [0.25, 0.3) is 0 Å². The molecule has 1 saturated heterocycles. The first-order chi connectivity index (χ1) is 8.33. The van der Waals surface area contributed by atoms with Gasteiger partial charge >= 0.3 is 0 Å². The molecular weight excluding hydrogens is 269 g/mol. The van der Waals surface area contributed by atoms with E-state index in [1.54, 1.807) is 0 Å². The summed E-state index contributed by atoms with van der Waals surface area (Å²) in [7, 11) is 0. The van der Waals surface area contributed by atoms with E-state index in [1.807, 2.05) is 30.5 Å². The highest BCUT2D eigenvalue weighted by Crippen LogP contribution is 2.25. The number of imidazole rings is 1. The summed E-state index contributed by atoms with van der Waals surface area (Å²) in [5, 5.41) is 4.18. The fourth-order valence-electron chi connectivity index (χ4n) is 2.23. The van der Waals surface area contributed by atoms with Crippen molar-refractivity contribution in [2.24, 2.45) is 0 Å². The van der Waals surface area contributed by atoms with Crippen LogP contribution in [0, 0.1) is 0 Å². The molecule has 2 aromatic rings. The molecule has 96 valence electrons. The fraction of sp³-hybridized carbons (Fsp3) is 0.308. The number of nitrogens with zero attached hydrogens (tertiary/aromatic N) is 1. The summed E-state index contributed by atoms with van der Waals surface area (Å²) in [6, 6.07) is 8.18. The third-order valence-corrected chi connectivity index (χ3v) is 3.36. The van der Waals surface area contributed by atoms with Crippen molar-refractivity contribution >= 4 is 24.0 Å². The van der Waals surface area contributed by atoms with Crippen LogP contribution in [-0.4, -0.2) is 16.5 Å². The third-order valence-electron chi connectivity index (χ3n) is 3.12. The number of aromatic nitrogens is 2. The van der Waals surface area contributed by atoms with Crippen LogP contribution in [0.4, 0.5) is 0 Å². The Morgan fingerprint density at radius 3 is 2.94 bits per heavy atom. The predicted molar refractivity (Wildman–Crippen MR) is 76.3 cm³/mol. The van der Waals surface area contributed by atoms with Crippen LogP contribution < -0.4 is 5.32 Å². The van der Waals surface area contributed by atoms with Gasteiger partial charge in [-0.05, 0) is 31.5 Å². The molecular formula is C13H15Cl2N3. The largest absolute Gasteiger partial charge is 0.341 e. The van der Waals surface area contributed by atoms with Crippen LogP contribution in [0.1, 0.15) is 24.7 Å². The number of hydrogen-bond acceptors (Lipinski definition) is 2. The molecule has 1 aliphatic rings. The molecule has 3 nitrogen and oxygen atoms in total. The quantitative estimate of drug-likeness (QED) is 0.885. The van der Waals surface area contributed by atoms with Crippen LogP contribution in [0.15, 0.2) is 30.5 Å². The highest BCUT2D eigenvalue weighted by molar-refractivity contribution is 6.30. The molecule has 5 heteroatoms. The normalized spacial score (nSPS) is 18.6. The van der Waals surface area contributed by atoms with Crippen molar-refractivity contribution in [3.63, 3.8) is 0 Å². The van der Waals surface area contributed by atoms with Gasteiger partial charge in [0.15, 0.2) is 0 Å². The van der Waals surface area contributed by atoms with Crippen molar-refractivity contribution in [2.45, 2.75) is 18.9 Å². The molecule has 0 bridgehead atoms. The summed E-state index contributed by atoms with van der Waals surface area (Å²) in [6.07, 6.45) is 4.25. The van der Waals surface area contributed by atoms with Crippen LogP contribution in [0.5, 0.6) is 0 Å². The molecule has 1 aromatic carbocycles. The van der Waals surface area contributed by atoms with Crippen molar-refractivity contribution in [1.29, 1.82) is 0 Å². The lowest BCUT2D eigenvalue weighted by Crippen LogP contribution is -2.14. The van der Waals surface area contributed by atoms with Gasteiger partial charge in [0.2, 0.25) is 0 Å². The molecule has 0 aliphatic carbocycles. The number of benzene rings is 1. The van der Waals surface area contributed by atoms with Crippen molar-refractivity contribution in [2.75, 3.05) is 6.54 Å². The standard InChI is InChI=1S/C13H14ClN3.ClH/c14-10-4-1-3-9(7-10)12-8-16-13(17-12)11-5-2-6-15-11;/h1,3-4,7-8,11,15H,2,5-6H2,(H,16,17);1H/t11-;/m0./s1. The summed E-state index contributed by atoms with van der Waals surface area (Å²) in [5.41, 5.74) is 2.10. The molecule has 1 aliphatic heterocycles. The van der Waals surface area contributed by atoms with Gasteiger partial charge in [0.1, 0.15) is 5.82 Å². The molecule has 1 aromatic heterocycles. The number of aromatic amines is 1. The lowest BCUT2D eigenvalue weighted by atomic mass is 10.2. The zero-order valence-corrected chi connectivity index (χ0v) is 11.4. The summed E-state index contributed by atoms with van der Waals surface area (Å²) in [4.78, 5) is 7.81. The maximum atomic E-state index is 5.98. The van der Waals surface area contributed by atoms with Crippen molar-refractivity contribution in [1.82, 2.24) is 15.3 Å². The fourth-order valence-corrected chi connectivity index (χ4v) is 2.42. The average molecular weight is 284 g/mol. The van der Waals surface area contributed by atoms with Gasteiger partial charge in [-0.2, -0.15) is 0 Å². The Morgan fingerprint density at radius 1 is 1.33 bits per heavy atom. The summed E-state index contributed by atoms with van der Waals surface area (Å²) in [5.74, 6) is 1.03. The minimum Gasteiger partial charge on any atom is -0.341 e. The molecule has 1 atom stereocenters. The smallest absolute Gasteiger partial charge is 0.123 e. The minimum absolute atomic E-state index is 0. The van der Waals surface area contributed by atoms with Crippen LogP contribution >= 0.6 is 24.0 Å². The second-order valence-electron chi connectivity index (χ2n) is 4.34. The number of hydrogen-bond donors (Lipinski definition) is 2. The molecule has 2 N–H and O–H groups in total. The van der Waals surface area contributed by atoms with Gasteiger partial charge in [-0.3, -0.25) is 0 Å². The SMILES string of the molecule is Cl.Clc1cccc(-c2cnc([C@@H]3CCCN3)[nH]2)c1. The van der Waals surface area contributed by atoms with Crippen molar-refractivity contribution < 1.29 is 0 Å². The topological polar surface area (TPSA) is 40.7 Å². The maximum Gasteiger partial charge on any atom is 0.123 e. The number of H-pyrrole nitrogens is 1. The van der Waals surface area contributed by atoms with Gasteiger partial charge < -0.3 is 10.3 Å². The number of nitrogens with one attached hydrogen (secondary N) is 2. The molecule has 0 unspecified atom stereocenters. The van der Waals surface area contributed by atoms with Crippen LogP contribution in [0.3, 0.4) is 0 Å². The van der Waals surface area contributed by atoms with E-state index in [0.717, 1.165) is 35.1 Å². The Bertz CT molecular complexity index is 518. The third kappa shape index (κ3) is 2.69. The Hall–Kier alpha value is -1.03. The van der Waals surface area contributed by atoms with Crippen LogP contribution in [0.25, 0.3) is 11.3 Å². The monoisotopic (exact) mass is 283 g/mol. The molecule has 18 heavy (non-hydrogen) atoms. The highest BCUT2D eigenvalue weighted by Gasteiger charge is 2.19. The summed E-state index contributed by atoms with van der Waals surface area (Å²) >= 11 is 5.98. The second kappa shape index (κ2) is 5.74. The van der Waals surface area contributed by atoms with Crippen molar-refractivity contribution in [3.8, 4) is 11.3 Å². The van der Waals surface area contributed by atoms with E-state index in [9.17, 15) is 0 Å². The van der Waals surface area contributed by atoms with E-state index in [2.05, 4.69) is 15.3 Å². The van der Waals surface area contributed by atoms with E-state index in [-0.39, 0.29) is 12.4 Å². The molecule has 2 heterocycles. The van der Waals surface area contributed by atoms with Gasteiger partial charge in [-0.25, -0.2) is 4.98 Å². The van der Waals surface area contributed by atoms with Crippen molar-refractivity contribution in [3.05, 3.63) is 41.3 Å². The lowest BCUT2D eigenvalue weighted by molar-refractivity contribution is 0.613. The van der Waals surface area contributed by atoms with Crippen LogP contribution in [0.2, 0.25) is 5.02 Å². The Balaban J connectivity index is 0.00000120. The zero-order valence-electron chi connectivity index (χ0n) is 9.82. The molecule has 0 amide bonds. The minimum atomic E-state index is 0. The van der Waals surface area contributed by atoms with Gasteiger partial charge in [0.05, 0.1) is 17.9 Å². The summed E-state index contributed by atoms with van der Waals surface area (Å²) < 4.78 is 0. The van der Waals surface area contributed by atoms with E-state index in [4.69, 9.17) is 11.6 Å². The van der Waals surface area contributed by atoms with E-state index in [0.29, 0.717) is 6.04 Å². The van der Waals surface area contributed by atoms with E-state index in [1.165, 1.54) is 6.42 Å². The molecule has 3 rings (SSSR count). The first-order valence-electron chi connectivity index (χ1n) is 5.87. The maximum absolute atomic E-state index is 5.98. The first kappa shape index (κ1) is 13.4. The molecule has 0 spiro atoms. The number of halogens is 2. The molecule has 0 radical (unpaired) electrons. The Morgan fingerprint density at radius 2 is 2.22 bits per heavy atom. The summed E-state index contributed by atoms with van der Waals surface area (Å²) in [6.45, 7) is 1.08. The van der Waals surface area contributed by atoms with Crippen LogP contribution in [-0.2, 0) is 0 Å². The first-order valence-corrected chi connectivity index (χ1v) is 6.25. The predicted octanol–water partition coefficient (Wildman–Crippen LogP) is 3.58. The molecule has 0 saturated carbocycles. The average Bonchev–Trinajstić information content (AvgIpc) is 3.00. The number of rotatable bonds is 2. The van der Waals surface area contributed by atoms with Gasteiger partial charge in [0, 0.05) is 10.6 Å². The van der Waals surface area contributed by atoms with Gasteiger partial charge in [-0.15, -0.1) is 12.4 Å². The van der Waals surface area contributed by atoms with Gasteiger partial charge in [-0.1, -0.05) is 23.7 Å². The van der Waals surface area contributed by atoms with E-state index >= 15 is 0 Å². The highest BCUT2D eigenvalue weighted by atomic mass is 35.5. The lowest BCUT2D eigenvalue weighted by Gasteiger charge is -2.05. The second-order valence-corrected chi connectivity index (χ2v) is 4.78. The van der Waals surface area contributed by atoms with E-state index < -0.39 is 0 Å². The zero-order chi connectivity index (χ0) is 11.7. The molecule has 1 fully saturated rings. The Kier molecular flexibility index (Phi) is 4.27.